The molecule has 1 aliphatic heterocycles. The van der Waals surface area contributed by atoms with E-state index in [0.29, 0.717) is 28.8 Å². The van der Waals surface area contributed by atoms with Crippen LogP contribution in [-0.2, 0) is 0 Å². The first kappa shape index (κ1) is 22.1. The maximum Gasteiger partial charge on any atom is 0.230 e. The molecule has 0 saturated carbocycles. The molecular formula is C29H22N6O3. The Hall–Kier alpha value is -5.18. The van der Waals surface area contributed by atoms with E-state index in [0.717, 1.165) is 33.8 Å². The van der Waals surface area contributed by atoms with Crippen molar-refractivity contribution >= 4 is 5.65 Å². The maximum absolute atomic E-state index is 10.4. The number of phenolic OH excluding ortho intramolecular Hbond substituents is 1. The number of hydrogen-bond acceptors (Lipinski definition) is 7. The van der Waals surface area contributed by atoms with E-state index in [2.05, 4.69) is 10.1 Å². The van der Waals surface area contributed by atoms with Gasteiger partial charge in [-0.25, -0.2) is 19.2 Å². The van der Waals surface area contributed by atoms with Crippen LogP contribution in [0.1, 0.15) is 28.3 Å². The highest BCUT2D eigenvalue weighted by molar-refractivity contribution is 5.71. The smallest absolute Gasteiger partial charge is 0.230 e. The Bertz CT molecular complexity index is 1830. The lowest BCUT2D eigenvalue weighted by atomic mass is 9.84. The summed E-state index contributed by atoms with van der Waals surface area (Å²) >= 11 is 0. The third kappa shape index (κ3) is 3.25. The number of fused-ring (bicyclic) bond motifs is 4. The van der Waals surface area contributed by atoms with Crippen LogP contribution in [0.15, 0.2) is 85.2 Å². The van der Waals surface area contributed by atoms with E-state index < -0.39 is 0 Å². The number of methoxy groups -OCH3 is 1. The minimum Gasteiger partial charge on any atom is -0.507 e. The molecule has 7 rings (SSSR count). The first-order valence-electron chi connectivity index (χ1n) is 12.1. The van der Waals surface area contributed by atoms with E-state index >= 15 is 0 Å². The number of aryl methyl sites for hydroxylation is 1. The van der Waals surface area contributed by atoms with Crippen molar-refractivity contribution in [2.24, 2.45) is 0 Å². The monoisotopic (exact) mass is 502 g/mol. The van der Waals surface area contributed by atoms with Gasteiger partial charge < -0.3 is 14.6 Å². The number of aromatic nitrogens is 6. The number of hydrogen-bond donors (Lipinski definition) is 1. The van der Waals surface area contributed by atoms with Gasteiger partial charge in [-0.1, -0.05) is 48.5 Å². The number of para-hydroxylation sites is 3. The topological polar surface area (TPSA) is 99.6 Å². The Morgan fingerprint density at radius 2 is 1.66 bits per heavy atom. The van der Waals surface area contributed by atoms with Crippen LogP contribution in [-0.4, -0.2) is 41.6 Å². The normalized spacial score (nSPS) is 14.1. The van der Waals surface area contributed by atoms with Gasteiger partial charge in [0.15, 0.2) is 11.5 Å². The second-order valence-electron chi connectivity index (χ2n) is 9.01. The van der Waals surface area contributed by atoms with Crippen LogP contribution in [0.5, 0.6) is 23.3 Å². The molecule has 3 aromatic heterocycles. The lowest BCUT2D eigenvalue weighted by Gasteiger charge is -2.27. The molecule has 1 atom stereocenters. The van der Waals surface area contributed by atoms with Gasteiger partial charge in [-0.15, -0.1) is 5.10 Å². The van der Waals surface area contributed by atoms with Crippen molar-refractivity contribution in [1.82, 2.24) is 29.4 Å². The number of aromatic hydroxyl groups is 1. The Kier molecular flexibility index (Phi) is 4.90. The first-order chi connectivity index (χ1) is 18.6. The van der Waals surface area contributed by atoms with Crippen molar-refractivity contribution in [2.75, 3.05) is 7.11 Å². The Morgan fingerprint density at radius 1 is 0.895 bits per heavy atom. The molecule has 9 heteroatoms. The average molecular weight is 503 g/mol. The molecule has 0 bridgehead atoms. The molecule has 1 N–H and O–H groups in total. The molecule has 0 radical (unpaired) electrons. The lowest BCUT2D eigenvalue weighted by molar-refractivity contribution is 0.393. The van der Waals surface area contributed by atoms with E-state index in [4.69, 9.17) is 19.6 Å². The molecule has 4 heterocycles. The highest BCUT2D eigenvalue weighted by Gasteiger charge is 2.39. The van der Waals surface area contributed by atoms with Crippen molar-refractivity contribution < 1.29 is 14.6 Å². The second-order valence-corrected chi connectivity index (χ2v) is 9.01. The van der Waals surface area contributed by atoms with E-state index in [1.807, 2.05) is 67.6 Å². The van der Waals surface area contributed by atoms with E-state index in [9.17, 15) is 5.11 Å². The molecule has 9 nitrogen and oxygen atoms in total. The molecule has 0 amide bonds. The van der Waals surface area contributed by atoms with Crippen LogP contribution < -0.4 is 9.47 Å². The van der Waals surface area contributed by atoms with Crippen LogP contribution >= 0.6 is 0 Å². The predicted octanol–water partition coefficient (Wildman–Crippen LogP) is 5.29. The molecule has 186 valence electrons. The maximum atomic E-state index is 10.4. The molecule has 3 aromatic carbocycles. The number of rotatable bonds is 4. The average Bonchev–Trinajstić information content (AvgIpc) is 3.54. The zero-order valence-electron chi connectivity index (χ0n) is 20.6. The summed E-state index contributed by atoms with van der Waals surface area (Å²) in [4.78, 5) is 9.50. The van der Waals surface area contributed by atoms with Gasteiger partial charge in [0.1, 0.15) is 17.8 Å². The molecule has 0 fully saturated rings. The first-order valence-corrected chi connectivity index (χ1v) is 12.1. The number of nitrogens with zero attached hydrogens (tertiary/aromatic N) is 6. The fourth-order valence-corrected chi connectivity index (χ4v) is 5.12. The van der Waals surface area contributed by atoms with Crippen LogP contribution in [0.4, 0.5) is 0 Å². The number of phenols is 1. The minimum atomic E-state index is -0.347. The largest absolute Gasteiger partial charge is 0.507 e. The minimum absolute atomic E-state index is 0.102. The summed E-state index contributed by atoms with van der Waals surface area (Å²) in [6.45, 7) is 1.97. The third-order valence-electron chi connectivity index (χ3n) is 6.82. The van der Waals surface area contributed by atoms with Gasteiger partial charge in [-0.05, 0) is 37.3 Å². The summed E-state index contributed by atoms with van der Waals surface area (Å²) < 4.78 is 15.7. The Labute approximate surface area is 217 Å². The summed E-state index contributed by atoms with van der Waals surface area (Å²) in [6, 6.07) is 24.7. The standard InChI is InChI=1S/C29H22N6O3/c1-17-23-24(20-13-7-9-15-22(20)37-2)25-27-31-26(19-12-6-8-14-21(19)36)33-34(27)16-30-28(25)38-29(23)35(32-17)18-10-4-3-5-11-18/h3-16,24,36H,1-2H3/t24-/m1/s1. The molecule has 6 aromatic rings. The summed E-state index contributed by atoms with van der Waals surface area (Å²) in [5.41, 5.74) is 5.36. The van der Waals surface area contributed by atoms with Gasteiger partial charge in [0.2, 0.25) is 11.8 Å². The van der Waals surface area contributed by atoms with Crippen LogP contribution in [0.3, 0.4) is 0 Å². The van der Waals surface area contributed by atoms with E-state index in [1.165, 1.54) is 0 Å². The van der Waals surface area contributed by atoms with Gasteiger partial charge >= 0.3 is 0 Å². The van der Waals surface area contributed by atoms with Crippen LogP contribution in [0.2, 0.25) is 0 Å². The van der Waals surface area contributed by atoms with Crippen molar-refractivity contribution in [3.63, 3.8) is 0 Å². The van der Waals surface area contributed by atoms with Gasteiger partial charge in [0, 0.05) is 5.56 Å². The summed E-state index contributed by atoms with van der Waals surface area (Å²) in [5.74, 6) is 1.87. The molecule has 0 unspecified atom stereocenters. The number of benzene rings is 3. The molecule has 0 aliphatic carbocycles. The van der Waals surface area contributed by atoms with Gasteiger partial charge in [0.25, 0.3) is 0 Å². The fourth-order valence-electron chi connectivity index (χ4n) is 5.12. The highest BCUT2D eigenvalue weighted by Crippen LogP contribution is 2.51. The van der Waals surface area contributed by atoms with Gasteiger partial charge in [-0.3, -0.25) is 0 Å². The zero-order chi connectivity index (χ0) is 25.8. The van der Waals surface area contributed by atoms with Crippen molar-refractivity contribution in [3.8, 4) is 40.3 Å². The van der Waals surface area contributed by atoms with Crippen molar-refractivity contribution in [3.05, 3.63) is 108 Å². The van der Waals surface area contributed by atoms with Crippen molar-refractivity contribution in [2.45, 2.75) is 12.8 Å². The van der Waals surface area contributed by atoms with E-state index in [-0.39, 0.29) is 11.7 Å². The molecule has 0 saturated heterocycles. The highest BCUT2D eigenvalue weighted by atomic mass is 16.5. The van der Waals surface area contributed by atoms with Crippen LogP contribution in [0, 0.1) is 6.92 Å². The number of ether oxygens (including phenoxy) is 2. The quantitative estimate of drug-likeness (QED) is 0.349. The SMILES string of the molecule is COc1ccccc1[C@@H]1c2c(C)nn(-c3ccccc3)c2Oc2ncn3nc(-c4ccccc4O)nc3c21. The summed E-state index contributed by atoms with van der Waals surface area (Å²) in [7, 11) is 1.66. The zero-order valence-corrected chi connectivity index (χ0v) is 20.6. The lowest BCUT2D eigenvalue weighted by Crippen LogP contribution is -2.16. The molecule has 0 spiro atoms. The second kappa shape index (κ2) is 8.45. The van der Waals surface area contributed by atoms with E-state index in [1.54, 1.807) is 40.8 Å². The van der Waals surface area contributed by atoms with Crippen LogP contribution in [0.25, 0.3) is 22.7 Å². The molecule has 38 heavy (non-hydrogen) atoms. The summed E-state index contributed by atoms with van der Waals surface area (Å²) in [5, 5.41) is 19.9. The predicted molar refractivity (Wildman–Crippen MR) is 140 cm³/mol. The Balaban J connectivity index is 1.52. The van der Waals surface area contributed by atoms with Gasteiger partial charge in [-0.2, -0.15) is 5.10 Å². The summed E-state index contributed by atoms with van der Waals surface area (Å²) in [6.07, 6.45) is 1.57. The molecule has 1 aliphatic rings. The third-order valence-corrected chi connectivity index (χ3v) is 6.82. The fraction of sp³-hybridized carbons (Fsp3) is 0.103. The van der Waals surface area contributed by atoms with Crippen molar-refractivity contribution in [1.29, 1.82) is 0 Å². The van der Waals surface area contributed by atoms with Gasteiger partial charge in [0.05, 0.1) is 41.1 Å². The molecular weight excluding hydrogens is 480 g/mol. The Morgan fingerprint density at radius 3 is 2.47 bits per heavy atom.